The molecule has 1 aromatic carbocycles. The summed E-state index contributed by atoms with van der Waals surface area (Å²) in [5.41, 5.74) is 2.25. The fourth-order valence-electron chi connectivity index (χ4n) is 2.38. The zero-order valence-corrected chi connectivity index (χ0v) is 14.8. The van der Waals surface area contributed by atoms with Crippen LogP contribution in [0.3, 0.4) is 0 Å². The number of alkyl halides is 3. The predicted molar refractivity (Wildman–Crippen MR) is 97.8 cm³/mol. The highest BCUT2D eigenvalue weighted by Gasteiger charge is 2.29. The SMILES string of the molecule is Cc1nc(NCc2ccccn2)nc(Nc2ccc(C(F)(F)F)cc2)c1C. The number of rotatable bonds is 5. The van der Waals surface area contributed by atoms with Gasteiger partial charge in [0, 0.05) is 23.1 Å². The highest BCUT2D eigenvalue weighted by atomic mass is 19.4. The lowest BCUT2D eigenvalue weighted by atomic mass is 10.2. The number of nitrogens with zero attached hydrogens (tertiary/aromatic N) is 3. The number of aromatic nitrogens is 3. The number of anilines is 3. The van der Waals surface area contributed by atoms with E-state index < -0.39 is 11.7 Å². The highest BCUT2D eigenvalue weighted by Crippen LogP contribution is 2.30. The lowest BCUT2D eigenvalue weighted by molar-refractivity contribution is -0.137. The van der Waals surface area contributed by atoms with Crippen molar-refractivity contribution in [1.29, 1.82) is 0 Å². The average molecular weight is 373 g/mol. The summed E-state index contributed by atoms with van der Waals surface area (Å²) in [6.45, 7) is 4.16. The van der Waals surface area contributed by atoms with Crippen LogP contribution in [0.25, 0.3) is 0 Å². The van der Waals surface area contributed by atoms with E-state index in [0.717, 1.165) is 29.1 Å². The molecule has 5 nitrogen and oxygen atoms in total. The topological polar surface area (TPSA) is 62.7 Å². The number of benzene rings is 1. The van der Waals surface area contributed by atoms with Crippen LogP contribution in [0.15, 0.2) is 48.7 Å². The van der Waals surface area contributed by atoms with Gasteiger partial charge >= 0.3 is 6.18 Å². The minimum Gasteiger partial charge on any atom is -0.349 e. The van der Waals surface area contributed by atoms with Crippen molar-refractivity contribution < 1.29 is 13.2 Å². The number of pyridine rings is 1. The Hall–Kier alpha value is -3.16. The largest absolute Gasteiger partial charge is 0.416 e. The van der Waals surface area contributed by atoms with Crippen molar-refractivity contribution in [2.75, 3.05) is 10.6 Å². The zero-order chi connectivity index (χ0) is 19.4. The van der Waals surface area contributed by atoms with Crippen LogP contribution in [0.4, 0.5) is 30.6 Å². The fourth-order valence-corrected chi connectivity index (χ4v) is 2.38. The Bertz CT molecular complexity index is 909. The van der Waals surface area contributed by atoms with E-state index in [4.69, 9.17) is 0 Å². The summed E-state index contributed by atoms with van der Waals surface area (Å²) in [6, 6.07) is 10.4. The Labute approximate surface area is 154 Å². The van der Waals surface area contributed by atoms with Gasteiger partial charge in [-0.2, -0.15) is 18.2 Å². The molecule has 0 amide bonds. The second-order valence-corrected chi connectivity index (χ2v) is 5.98. The minimum absolute atomic E-state index is 0.415. The van der Waals surface area contributed by atoms with Crippen molar-refractivity contribution in [1.82, 2.24) is 15.0 Å². The van der Waals surface area contributed by atoms with E-state index in [-0.39, 0.29) is 0 Å². The molecule has 2 aromatic heterocycles. The van der Waals surface area contributed by atoms with E-state index in [2.05, 4.69) is 25.6 Å². The van der Waals surface area contributed by atoms with Gasteiger partial charge in [-0.3, -0.25) is 4.98 Å². The van der Waals surface area contributed by atoms with Crippen LogP contribution >= 0.6 is 0 Å². The van der Waals surface area contributed by atoms with Crippen molar-refractivity contribution in [3.63, 3.8) is 0 Å². The molecule has 8 heteroatoms. The summed E-state index contributed by atoms with van der Waals surface area (Å²) in [6.07, 6.45) is -2.65. The molecule has 0 bridgehead atoms. The van der Waals surface area contributed by atoms with Gasteiger partial charge in [-0.15, -0.1) is 0 Å². The van der Waals surface area contributed by atoms with Crippen LogP contribution in [-0.2, 0) is 12.7 Å². The second-order valence-electron chi connectivity index (χ2n) is 5.98. The summed E-state index contributed by atoms with van der Waals surface area (Å²) >= 11 is 0. The Morgan fingerprint density at radius 1 is 0.963 bits per heavy atom. The van der Waals surface area contributed by atoms with Gasteiger partial charge in [-0.25, -0.2) is 4.98 Å². The summed E-state index contributed by atoms with van der Waals surface area (Å²) in [5, 5.41) is 6.17. The van der Waals surface area contributed by atoms with Gasteiger partial charge in [0.05, 0.1) is 17.8 Å². The molecule has 0 saturated carbocycles. The molecule has 3 rings (SSSR count). The molecule has 27 heavy (non-hydrogen) atoms. The zero-order valence-electron chi connectivity index (χ0n) is 14.8. The van der Waals surface area contributed by atoms with Gasteiger partial charge < -0.3 is 10.6 Å². The van der Waals surface area contributed by atoms with Gasteiger partial charge in [-0.1, -0.05) is 6.07 Å². The fraction of sp³-hybridized carbons (Fsp3) is 0.211. The Morgan fingerprint density at radius 3 is 2.33 bits per heavy atom. The van der Waals surface area contributed by atoms with Gasteiger partial charge in [-0.05, 0) is 50.2 Å². The summed E-state index contributed by atoms with van der Waals surface area (Å²) in [4.78, 5) is 13.1. The van der Waals surface area contributed by atoms with Crippen molar-refractivity contribution in [3.8, 4) is 0 Å². The summed E-state index contributed by atoms with van der Waals surface area (Å²) in [5.74, 6) is 0.948. The number of nitrogens with one attached hydrogen (secondary N) is 2. The molecule has 3 aromatic rings. The third-order valence-corrected chi connectivity index (χ3v) is 4.02. The van der Waals surface area contributed by atoms with Crippen molar-refractivity contribution >= 4 is 17.5 Å². The molecule has 0 spiro atoms. The van der Waals surface area contributed by atoms with Gasteiger partial charge in [0.1, 0.15) is 5.82 Å². The Kier molecular flexibility index (Phi) is 5.25. The molecular formula is C19H18F3N5. The monoisotopic (exact) mass is 373 g/mol. The van der Waals surface area contributed by atoms with Crippen LogP contribution in [-0.4, -0.2) is 15.0 Å². The van der Waals surface area contributed by atoms with Gasteiger partial charge in [0.2, 0.25) is 5.95 Å². The van der Waals surface area contributed by atoms with E-state index in [1.807, 2.05) is 32.0 Å². The van der Waals surface area contributed by atoms with Gasteiger partial charge in [0.15, 0.2) is 0 Å². The van der Waals surface area contributed by atoms with Crippen LogP contribution in [0.1, 0.15) is 22.5 Å². The summed E-state index contributed by atoms with van der Waals surface area (Å²) < 4.78 is 38.1. The average Bonchev–Trinajstić information content (AvgIpc) is 2.64. The normalized spacial score (nSPS) is 11.3. The van der Waals surface area contributed by atoms with E-state index >= 15 is 0 Å². The number of aryl methyl sites for hydroxylation is 1. The molecule has 0 aliphatic rings. The molecule has 0 atom stereocenters. The maximum Gasteiger partial charge on any atom is 0.416 e. The van der Waals surface area contributed by atoms with Crippen LogP contribution in [0, 0.1) is 13.8 Å². The first-order valence-corrected chi connectivity index (χ1v) is 8.26. The third kappa shape index (κ3) is 4.72. The summed E-state index contributed by atoms with van der Waals surface area (Å²) in [7, 11) is 0. The van der Waals surface area contributed by atoms with E-state index in [1.165, 1.54) is 12.1 Å². The predicted octanol–water partition coefficient (Wildman–Crippen LogP) is 4.86. The Balaban J connectivity index is 1.77. The molecule has 0 saturated heterocycles. The lowest BCUT2D eigenvalue weighted by Crippen LogP contribution is -2.09. The first-order valence-electron chi connectivity index (χ1n) is 8.26. The molecule has 0 fully saturated rings. The number of halogens is 3. The van der Waals surface area contributed by atoms with Gasteiger partial charge in [0.25, 0.3) is 0 Å². The maximum atomic E-state index is 12.7. The molecule has 0 aliphatic carbocycles. The number of hydrogen-bond donors (Lipinski definition) is 2. The third-order valence-electron chi connectivity index (χ3n) is 4.02. The van der Waals surface area contributed by atoms with E-state index in [1.54, 1.807) is 6.20 Å². The highest BCUT2D eigenvalue weighted by molar-refractivity contribution is 5.61. The molecule has 140 valence electrons. The van der Waals surface area contributed by atoms with E-state index in [9.17, 15) is 13.2 Å². The number of hydrogen-bond acceptors (Lipinski definition) is 5. The van der Waals surface area contributed by atoms with E-state index in [0.29, 0.717) is 24.0 Å². The van der Waals surface area contributed by atoms with Crippen molar-refractivity contribution in [2.45, 2.75) is 26.6 Å². The van der Waals surface area contributed by atoms with Crippen molar-refractivity contribution in [3.05, 3.63) is 71.2 Å². The Morgan fingerprint density at radius 2 is 1.70 bits per heavy atom. The molecular weight excluding hydrogens is 355 g/mol. The molecule has 0 radical (unpaired) electrons. The standard InChI is InChI=1S/C19H18F3N5/c1-12-13(2)25-18(24-11-16-5-3-4-10-23-16)27-17(12)26-15-8-6-14(7-9-15)19(20,21)22/h3-10H,11H2,1-2H3,(H2,24,25,26,27). The molecule has 0 aliphatic heterocycles. The van der Waals surface area contributed by atoms with Crippen LogP contribution < -0.4 is 10.6 Å². The second kappa shape index (κ2) is 7.61. The lowest BCUT2D eigenvalue weighted by Gasteiger charge is -2.14. The first kappa shape index (κ1) is 18.6. The minimum atomic E-state index is -4.36. The maximum absolute atomic E-state index is 12.7. The van der Waals surface area contributed by atoms with Crippen LogP contribution in [0.5, 0.6) is 0 Å². The molecule has 2 N–H and O–H groups in total. The van der Waals surface area contributed by atoms with Crippen LogP contribution in [0.2, 0.25) is 0 Å². The quantitative estimate of drug-likeness (QED) is 0.669. The molecule has 2 heterocycles. The molecule has 0 unspecified atom stereocenters. The smallest absolute Gasteiger partial charge is 0.349 e. The van der Waals surface area contributed by atoms with Crippen molar-refractivity contribution in [2.24, 2.45) is 0 Å². The first-order chi connectivity index (χ1) is 12.8.